The van der Waals surface area contributed by atoms with E-state index < -0.39 is 0 Å². The SMILES string of the molecule is NCc1ccnc(Oc2ccc(Br)cc2)c1. The molecule has 3 nitrogen and oxygen atoms in total. The van der Waals surface area contributed by atoms with E-state index in [0.717, 1.165) is 15.8 Å². The summed E-state index contributed by atoms with van der Waals surface area (Å²) in [7, 11) is 0. The van der Waals surface area contributed by atoms with E-state index in [2.05, 4.69) is 20.9 Å². The summed E-state index contributed by atoms with van der Waals surface area (Å²) in [4.78, 5) is 4.12. The molecule has 0 atom stereocenters. The van der Waals surface area contributed by atoms with Gasteiger partial charge in [0.1, 0.15) is 5.75 Å². The first-order valence-electron chi connectivity index (χ1n) is 4.86. The highest BCUT2D eigenvalue weighted by Gasteiger charge is 1.99. The molecule has 2 aromatic rings. The molecule has 0 aliphatic carbocycles. The van der Waals surface area contributed by atoms with Crippen LogP contribution >= 0.6 is 15.9 Å². The summed E-state index contributed by atoms with van der Waals surface area (Å²) in [5.74, 6) is 1.31. The second-order valence-electron chi connectivity index (χ2n) is 3.26. The number of hydrogen-bond donors (Lipinski definition) is 1. The van der Waals surface area contributed by atoms with Crippen molar-refractivity contribution in [3.05, 3.63) is 52.6 Å². The van der Waals surface area contributed by atoms with Gasteiger partial charge in [0.25, 0.3) is 0 Å². The van der Waals surface area contributed by atoms with E-state index in [0.29, 0.717) is 12.4 Å². The maximum Gasteiger partial charge on any atom is 0.219 e. The Balaban J connectivity index is 2.16. The van der Waals surface area contributed by atoms with E-state index in [1.165, 1.54) is 0 Å². The molecule has 16 heavy (non-hydrogen) atoms. The molecular weight excluding hydrogens is 268 g/mol. The van der Waals surface area contributed by atoms with Crippen LogP contribution in [0.15, 0.2) is 47.1 Å². The van der Waals surface area contributed by atoms with E-state index in [1.807, 2.05) is 36.4 Å². The second kappa shape index (κ2) is 5.09. The maximum absolute atomic E-state index is 5.59. The van der Waals surface area contributed by atoms with Crippen molar-refractivity contribution in [2.45, 2.75) is 6.54 Å². The minimum absolute atomic E-state index is 0.485. The molecule has 0 spiro atoms. The Morgan fingerprint density at radius 1 is 1.19 bits per heavy atom. The molecule has 0 unspecified atom stereocenters. The number of pyridine rings is 1. The van der Waals surface area contributed by atoms with Gasteiger partial charge in [-0.3, -0.25) is 0 Å². The smallest absolute Gasteiger partial charge is 0.219 e. The van der Waals surface area contributed by atoms with Crippen LogP contribution in [0.3, 0.4) is 0 Å². The second-order valence-corrected chi connectivity index (χ2v) is 4.18. The van der Waals surface area contributed by atoms with E-state index in [-0.39, 0.29) is 0 Å². The van der Waals surface area contributed by atoms with Gasteiger partial charge in [0.05, 0.1) is 0 Å². The first kappa shape index (κ1) is 11.1. The zero-order valence-corrected chi connectivity index (χ0v) is 10.1. The Kier molecular flexibility index (Phi) is 3.54. The third-order valence-electron chi connectivity index (χ3n) is 2.07. The summed E-state index contributed by atoms with van der Waals surface area (Å²) >= 11 is 3.37. The Bertz CT molecular complexity index is 471. The third-order valence-corrected chi connectivity index (χ3v) is 2.60. The van der Waals surface area contributed by atoms with Gasteiger partial charge in [0, 0.05) is 23.3 Å². The molecule has 0 aliphatic heterocycles. The summed E-state index contributed by atoms with van der Waals surface area (Å²) in [6.45, 7) is 0.485. The van der Waals surface area contributed by atoms with Crippen molar-refractivity contribution in [2.24, 2.45) is 5.73 Å². The molecule has 1 aromatic carbocycles. The molecular formula is C12H11BrN2O. The summed E-state index contributed by atoms with van der Waals surface area (Å²) in [6.07, 6.45) is 1.69. The lowest BCUT2D eigenvalue weighted by Gasteiger charge is -2.05. The predicted molar refractivity (Wildman–Crippen MR) is 66.3 cm³/mol. The van der Waals surface area contributed by atoms with Crippen molar-refractivity contribution in [1.29, 1.82) is 0 Å². The average Bonchev–Trinajstić information content (AvgIpc) is 2.32. The lowest BCUT2D eigenvalue weighted by atomic mass is 10.3. The molecule has 0 aliphatic rings. The Hall–Kier alpha value is -1.39. The average molecular weight is 279 g/mol. The van der Waals surface area contributed by atoms with Gasteiger partial charge in [-0.1, -0.05) is 15.9 Å². The molecule has 0 bridgehead atoms. The molecule has 4 heteroatoms. The van der Waals surface area contributed by atoms with E-state index >= 15 is 0 Å². The number of benzene rings is 1. The van der Waals surface area contributed by atoms with Crippen LogP contribution in [0.4, 0.5) is 0 Å². The van der Waals surface area contributed by atoms with Crippen LogP contribution in [0, 0.1) is 0 Å². The standard InChI is InChI=1S/C12H11BrN2O/c13-10-1-3-11(4-2-10)16-12-7-9(8-14)5-6-15-12/h1-7H,8,14H2. The molecule has 0 radical (unpaired) electrons. The van der Waals surface area contributed by atoms with Crippen LogP contribution in [-0.2, 0) is 6.54 Å². The Morgan fingerprint density at radius 3 is 2.62 bits per heavy atom. The van der Waals surface area contributed by atoms with E-state index in [1.54, 1.807) is 6.20 Å². The third kappa shape index (κ3) is 2.81. The number of hydrogen-bond acceptors (Lipinski definition) is 3. The van der Waals surface area contributed by atoms with Gasteiger partial charge < -0.3 is 10.5 Å². The topological polar surface area (TPSA) is 48.1 Å². The van der Waals surface area contributed by atoms with Crippen LogP contribution in [0.5, 0.6) is 11.6 Å². The molecule has 0 saturated heterocycles. The fourth-order valence-electron chi connectivity index (χ4n) is 1.26. The molecule has 0 fully saturated rings. The zero-order chi connectivity index (χ0) is 11.4. The fraction of sp³-hybridized carbons (Fsp3) is 0.0833. The van der Waals surface area contributed by atoms with Gasteiger partial charge in [-0.15, -0.1) is 0 Å². The van der Waals surface area contributed by atoms with Crippen LogP contribution < -0.4 is 10.5 Å². The zero-order valence-electron chi connectivity index (χ0n) is 8.56. The molecule has 82 valence electrons. The van der Waals surface area contributed by atoms with E-state index in [9.17, 15) is 0 Å². The largest absolute Gasteiger partial charge is 0.439 e. The number of halogens is 1. The highest BCUT2D eigenvalue weighted by molar-refractivity contribution is 9.10. The van der Waals surface area contributed by atoms with Crippen molar-refractivity contribution in [3.8, 4) is 11.6 Å². The monoisotopic (exact) mass is 278 g/mol. The summed E-state index contributed by atoms with van der Waals surface area (Å²) < 4.78 is 6.61. The first-order valence-corrected chi connectivity index (χ1v) is 5.65. The Labute approximate surface area is 102 Å². The highest BCUT2D eigenvalue weighted by atomic mass is 79.9. The first-order chi connectivity index (χ1) is 7.78. The molecule has 2 rings (SSSR count). The van der Waals surface area contributed by atoms with Gasteiger partial charge in [-0.25, -0.2) is 4.98 Å². The quantitative estimate of drug-likeness (QED) is 0.939. The summed E-state index contributed by atoms with van der Waals surface area (Å²) in [6, 6.07) is 11.3. The van der Waals surface area contributed by atoms with Crippen LogP contribution in [0.2, 0.25) is 0 Å². The summed E-state index contributed by atoms with van der Waals surface area (Å²) in [5, 5.41) is 0. The molecule has 0 saturated carbocycles. The van der Waals surface area contributed by atoms with Crippen molar-refractivity contribution in [3.63, 3.8) is 0 Å². The fourth-order valence-corrected chi connectivity index (χ4v) is 1.52. The number of rotatable bonds is 3. The van der Waals surface area contributed by atoms with Crippen LogP contribution in [0.1, 0.15) is 5.56 Å². The molecule has 1 heterocycles. The predicted octanol–water partition coefficient (Wildman–Crippen LogP) is 3.10. The van der Waals surface area contributed by atoms with Crippen molar-refractivity contribution in [1.82, 2.24) is 4.98 Å². The summed E-state index contributed by atoms with van der Waals surface area (Å²) in [5.41, 5.74) is 6.54. The Morgan fingerprint density at radius 2 is 1.94 bits per heavy atom. The van der Waals surface area contributed by atoms with E-state index in [4.69, 9.17) is 10.5 Å². The minimum atomic E-state index is 0.485. The minimum Gasteiger partial charge on any atom is -0.439 e. The van der Waals surface area contributed by atoms with Crippen LogP contribution in [-0.4, -0.2) is 4.98 Å². The van der Waals surface area contributed by atoms with Gasteiger partial charge in [-0.2, -0.15) is 0 Å². The lowest BCUT2D eigenvalue weighted by Crippen LogP contribution is -1.97. The van der Waals surface area contributed by atoms with Crippen LogP contribution in [0.25, 0.3) is 0 Å². The normalized spacial score (nSPS) is 10.1. The van der Waals surface area contributed by atoms with Gasteiger partial charge in [0.2, 0.25) is 5.88 Å². The molecule has 1 aromatic heterocycles. The van der Waals surface area contributed by atoms with Gasteiger partial charge in [0.15, 0.2) is 0 Å². The number of nitrogens with zero attached hydrogens (tertiary/aromatic N) is 1. The van der Waals surface area contributed by atoms with Crippen molar-refractivity contribution in [2.75, 3.05) is 0 Å². The van der Waals surface area contributed by atoms with Gasteiger partial charge in [-0.05, 0) is 35.9 Å². The highest BCUT2D eigenvalue weighted by Crippen LogP contribution is 2.21. The number of ether oxygens (including phenoxy) is 1. The van der Waals surface area contributed by atoms with Gasteiger partial charge >= 0.3 is 0 Å². The van der Waals surface area contributed by atoms with Crippen molar-refractivity contribution < 1.29 is 4.74 Å². The van der Waals surface area contributed by atoms with Crippen molar-refractivity contribution >= 4 is 15.9 Å². The molecule has 0 amide bonds. The maximum atomic E-state index is 5.59. The molecule has 2 N–H and O–H groups in total. The lowest BCUT2D eigenvalue weighted by molar-refractivity contribution is 0.462. The number of aromatic nitrogens is 1. The number of nitrogens with two attached hydrogens (primary N) is 1.